The second kappa shape index (κ2) is 4.61. The van der Waals surface area contributed by atoms with Crippen molar-refractivity contribution in [2.75, 3.05) is 0 Å². The van der Waals surface area contributed by atoms with Crippen molar-refractivity contribution in [3.05, 3.63) is 64.8 Å². The predicted octanol–water partition coefficient (Wildman–Crippen LogP) is 2.17. The topological polar surface area (TPSA) is 91.1 Å². The third kappa shape index (κ3) is 1.72. The van der Waals surface area contributed by atoms with Gasteiger partial charge in [-0.25, -0.2) is 0 Å². The molecule has 3 aromatic rings. The first-order valence-corrected chi connectivity index (χ1v) is 7.12. The molecule has 0 aliphatic carbocycles. The summed E-state index contributed by atoms with van der Waals surface area (Å²) in [5.41, 5.74) is 10.1. The van der Waals surface area contributed by atoms with E-state index >= 15 is 0 Å². The van der Waals surface area contributed by atoms with Gasteiger partial charge in [0.2, 0.25) is 0 Å². The lowest BCUT2D eigenvalue weighted by Gasteiger charge is -2.14. The van der Waals surface area contributed by atoms with Crippen LogP contribution in [-0.4, -0.2) is 16.0 Å². The first-order valence-electron chi connectivity index (χ1n) is 7.12. The lowest BCUT2D eigenvalue weighted by molar-refractivity contribution is 0.0960. The summed E-state index contributed by atoms with van der Waals surface area (Å²) >= 11 is 0. The van der Waals surface area contributed by atoms with Crippen LogP contribution in [0.25, 0.3) is 10.9 Å². The number of H-pyrrole nitrogens is 1. The average molecular weight is 293 g/mol. The summed E-state index contributed by atoms with van der Waals surface area (Å²) in [6, 6.07) is 12.4. The number of benzene rings is 2. The molecule has 5 N–H and O–H groups in total. The van der Waals surface area contributed by atoms with Gasteiger partial charge in [-0.15, -0.1) is 0 Å². The molecule has 1 atom stereocenters. The second-order valence-corrected chi connectivity index (χ2v) is 5.44. The molecule has 0 bridgehead atoms. The van der Waals surface area contributed by atoms with Crippen molar-refractivity contribution >= 4 is 16.8 Å². The monoisotopic (exact) mass is 293 g/mol. The minimum atomic E-state index is -0.302. The highest BCUT2D eigenvalue weighted by atomic mass is 16.3. The van der Waals surface area contributed by atoms with Crippen LogP contribution in [-0.2, 0) is 6.54 Å². The largest absolute Gasteiger partial charge is 0.508 e. The highest BCUT2D eigenvalue weighted by Gasteiger charge is 2.33. The van der Waals surface area contributed by atoms with Gasteiger partial charge in [0.15, 0.2) is 0 Å². The summed E-state index contributed by atoms with van der Waals surface area (Å²) in [6.07, 6.45) is 0. The van der Waals surface area contributed by atoms with E-state index in [9.17, 15) is 9.90 Å². The number of phenols is 1. The number of nitrogens with one attached hydrogen (secondary N) is 2. The molecular weight excluding hydrogens is 278 g/mol. The Morgan fingerprint density at radius 1 is 1.18 bits per heavy atom. The first kappa shape index (κ1) is 12.9. The SMILES string of the molecule is NCc1[nH]c2ccccc2c1C1NC(=O)c2ccc(O)cc21. The van der Waals surface area contributed by atoms with Crippen LogP contribution in [0.5, 0.6) is 5.75 Å². The summed E-state index contributed by atoms with van der Waals surface area (Å²) in [4.78, 5) is 15.5. The summed E-state index contributed by atoms with van der Waals surface area (Å²) in [5, 5.41) is 13.8. The Labute approximate surface area is 126 Å². The van der Waals surface area contributed by atoms with Gasteiger partial charge in [-0.3, -0.25) is 4.79 Å². The second-order valence-electron chi connectivity index (χ2n) is 5.44. The van der Waals surface area contributed by atoms with Crippen LogP contribution in [0, 0.1) is 0 Å². The molecule has 22 heavy (non-hydrogen) atoms. The fourth-order valence-electron chi connectivity index (χ4n) is 3.22. The zero-order chi connectivity index (χ0) is 15.3. The highest BCUT2D eigenvalue weighted by molar-refractivity contribution is 6.01. The zero-order valence-corrected chi connectivity index (χ0v) is 11.8. The van der Waals surface area contributed by atoms with E-state index < -0.39 is 0 Å². The van der Waals surface area contributed by atoms with Crippen LogP contribution in [0.2, 0.25) is 0 Å². The molecule has 1 aliphatic rings. The number of nitrogens with two attached hydrogens (primary N) is 1. The number of carbonyl (C=O) groups is 1. The third-order valence-corrected chi connectivity index (χ3v) is 4.19. The lowest BCUT2D eigenvalue weighted by atomic mass is 9.95. The Hall–Kier alpha value is -2.79. The van der Waals surface area contributed by atoms with E-state index in [0.29, 0.717) is 12.1 Å². The van der Waals surface area contributed by atoms with Crippen molar-refractivity contribution < 1.29 is 9.90 Å². The predicted molar refractivity (Wildman–Crippen MR) is 83.6 cm³/mol. The van der Waals surface area contributed by atoms with Crippen LogP contribution in [0.1, 0.15) is 33.2 Å². The standard InChI is InChI=1S/C17H15N3O2/c18-8-14-15(11-3-1-2-4-13(11)19-14)16-12-7-9(21)5-6-10(12)17(22)20-16/h1-7,16,19,21H,8,18H2,(H,20,22). The Morgan fingerprint density at radius 2 is 2.00 bits per heavy atom. The minimum absolute atomic E-state index is 0.131. The summed E-state index contributed by atoms with van der Waals surface area (Å²) in [6.45, 7) is 0.352. The van der Waals surface area contributed by atoms with Crippen LogP contribution in [0.15, 0.2) is 42.5 Å². The third-order valence-electron chi connectivity index (χ3n) is 4.19. The Kier molecular flexibility index (Phi) is 2.71. The molecule has 5 nitrogen and oxygen atoms in total. The van der Waals surface area contributed by atoms with Crippen LogP contribution in [0.3, 0.4) is 0 Å². The highest BCUT2D eigenvalue weighted by Crippen LogP contribution is 2.38. The molecule has 0 radical (unpaired) electrons. The number of carbonyl (C=O) groups excluding carboxylic acids is 1. The van der Waals surface area contributed by atoms with Crippen molar-refractivity contribution in [3.63, 3.8) is 0 Å². The van der Waals surface area contributed by atoms with E-state index in [4.69, 9.17) is 5.73 Å². The number of fused-ring (bicyclic) bond motifs is 2. The number of rotatable bonds is 2. The van der Waals surface area contributed by atoms with Crippen LogP contribution in [0.4, 0.5) is 0 Å². The molecule has 1 unspecified atom stereocenters. The van der Waals surface area contributed by atoms with Gasteiger partial charge >= 0.3 is 0 Å². The van der Waals surface area contributed by atoms with E-state index in [1.165, 1.54) is 6.07 Å². The molecule has 4 rings (SSSR count). The number of aromatic hydroxyl groups is 1. The maximum Gasteiger partial charge on any atom is 0.252 e. The fraction of sp³-hybridized carbons (Fsp3) is 0.118. The van der Waals surface area contributed by atoms with Gasteiger partial charge in [-0.1, -0.05) is 18.2 Å². The Bertz CT molecular complexity index is 898. The van der Waals surface area contributed by atoms with Gasteiger partial charge in [0, 0.05) is 34.3 Å². The molecule has 0 saturated heterocycles. The van der Waals surface area contributed by atoms with Gasteiger partial charge < -0.3 is 21.1 Å². The normalized spacial score (nSPS) is 16.8. The number of amides is 1. The molecule has 1 aromatic heterocycles. The quantitative estimate of drug-likeness (QED) is 0.583. The van der Waals surface area contributed by atoms with Crippen LogP contribution < -0.4 is 11.1 Å². The molecule has 0 fully saturated rings. The van der Waals surface area contributed by atoms with E-state index in [-0.39, 0.29) is 17.7 Å². The maximum atomic E-state index is 12.2. The molecule has 1 amide bonds. The number of aromatic nitrogens is 1. The number of phenolic OH excluding ortho intramolecular Hbond substituents is 1. The zero-order valence-electron chi connectivity index (χ0n) is 11.8. The van der Waals surface area contributed by atoms with Gasteiger partial charge in [-0.2, -0.15) is 0 Å². The van der Waals surface area contributed by atoms with Crippen molar-refractivity contribution in [2.45, 2.75) is 12.6 Å². The summed E-state index contributed by atoms with van der Waals surface area (Å²) < 4.78 is 0. The molecule has 110 valence electrons. The van der Waals surface area contributed by atoms with Gasteiger partial charge in [-0.05, 0) is 29.8 Å². The molecule has 0 spiro atoms. The number of hydrogen-bond donors (Lipinski definition) is 4. The van der Waals surface area contributed by atoms with Gasteiger partial charge in [0.25, 0.3) is 5.91 Å². The number of hydrogen-bond acceptors (Lipinski definition) is 3. The van der Waals surface area contributed by atoms with Gasteiger partial charge in [0.1, 0.15) is 5.75 Å². The average Bonchev–Trinajstić information content (AvgIpc) is 3.04. The minimum Gasteiger partial charge on any atom is -0.508 e. The van der Waals surface area contributed by atoms with Gasteiger partial charge in [0.05, 0.1) is 6.04 Å². The van der Waals surface area contributed by atoms with E-state index in [0.717, 1.165) is 27.7 Å². The number of para-hydroxylation sites is 1. The molecule has 2 aromatic carbocycles. The molecule has 0 saturated carbocycles. The lowest BCUT2D eigenvalue weighted by Crippen LogP contribution is -2.21. The molecule has 5 heteroatoms. The van der Waals surface area contributed by atoms with E-state index in [2.05, 4.69) is 10.3 Å². The maximum absolute atomic E-state index is 12.2. The van der Waals surface area contributed by atoms with Crippen LogP contribution >= 0.6 is 0 Å². The molecule has 1 aliphatic heterocycles. The summed E-state index contributed by atoms with van der Waals surface area (Å²) in [7, 11) is 0. The van der Waals surface area contributed by atoms with Crippen molar-refractivity contribution in [2.24, 2.45) is 5.73 Å². The van der Waals surface area contributed by atoms with Crippen molar-refractivity contribution in [1.82, 2.24) is 10.3 Å². The Balaban J connectivity index is 1.98. The smallest absolute Gasteiger partial charge is 0.252 e. The molecule has 2 heterocycles. The summed E-state index contributed by atoms with van der Waals surface area (Å²) in [5.74, 6) is 0.0163. The van der Waals surface area contributed by atoms with E-state index in [1.54, 1.807) is 12.1 Å². The fourth-order valence-corrected chi connectivity index (χ4v) is 3.22. The van der Waals surface area contributed by atoms with E-state index in [1.807, 2.05) is 24.3 Å². The van der Waals surface area contributed by atoms with Crippen molar-refractivity contribution in [1.29, 1.82) is 0 Å². The number of aromatic amines is 1. The van der Waals surface area contributed by atoms with Crippen molar-refractivity contribution in [3.8, 4) is 5.75 Å². The Morgan fingerprint density at radius 3 is 2.82 bits per heavy atom. The first-order chi connectivity index (χ1) is 10.7. The molecular formula is C17H15N3O2.